The Morgan fingerprint density at radius 2 is 1.24 bits per heavy atom. The van der Waals surface area contributed by atoms with Gasteiger partial charge in [0.25, 0.3) is 0 Å². The van der Waals surface area contributed by atoms with E-state index >= 15 is 0 Å². The number of pyridine rings is 2. The zero-order chi connectivity index (χ0) is 14.5. The van der Waals surface area contributed by atoms with Crippen LogP contribution in [0.15, 0.2) is 46.5 Å². The van der Waals surface area contributed by atoms with Crippen LogP contribution >= 0.6 is 21.6 Å². The van der Waals surface area contributed by atoms with Gasteiger partial charge in [-0.1, -0.05) is 12.1 Å². The summed E-state index contributed by atoms with van der Waals surface area (Å²) < 4.78 is 0. The largest absolute Gasteiger partial charge is 1.00 e. The number of nitrogens with zero attached hydrogens (tertiary/aromatic N) is 2. The van der Waals surface area contributed by atoms with Gasteiger partial charge in [-0.15, -0.1) is 0 Å². The van der Waals surface area contributed by atoms with Crippen LogP contribution in [0.2, 0.25) is 0 Å². The van der Waals surface area contributed by atoms with Gasteiger partial charge < -0.3 is 11.6 Å². The summed E-state index contributed by atoms with van der Waals surface area (Å²) >= 11 is 0. The minimum atomic E-state index is -1.09. The third-order valence-corrected chi connectivity index (χ3v) is 4.25. The fraction of sp³-hybridized carbons (Fsp3) is 0. The third kappa shape index (κ3) is 5.33. The molecule has 9 heteroatoms. The number of hydrogen-bond donors (Lipinski definition) is 2. The Labute approximate surface area is 151 Å². The summed E-state index contributed by atoms with van der Waals surface area (Å²) in [5.74, 6) is -2.19. The fourth-order valence-electron chi connectivity index (χ4n) is 1.25. The van der Waals surface area contributed by atoms with Crippen LogP contribution in [0.3, 0.4) is 0 Å². The van der Waals surface area contributed by atoms with Crippen molar-refractivity contribution in [1.82, 2.24) is 9.97 Å². The molecule has 0 saturated heterocycles. The monoisotopic (exact) mass is 332 g/mol. The van der Waals surface area contributed by atoms with E-state index in [4.69, 9.17) is 10.2 Å². The molecule has 2 rings (SSSR count). The van der Waals surface area contributed by atoms with Crippen molar-refractivity contribution in [2.45, 2.75) is 10.1 Å². The van der Waals surface area contributed by atoms with Gasteiger partial charge in [-0.05, 0) is 45.9 Å². The maximum absolute atomic E-state index is 10.8. The summed E-state index contributed by atoms with van der Waals surface area (Å²) in [5, 5.41) is 18.7. The van der Waals surface area contributed by atoms with Gasteiger partial charge in [-0.25, -0.2) is 19.6 Å². The van der Waals surface area contributed by atoms with Crippen molar-refractivity contribution in [3.63, 3.8) is 0 Å². The molecule has 0 saturated carbocycles. The first-order valence-corrected chi connectivity index (χ1v) is 7.46. The Hall–Kier alpha value is -1.06. The van der Waals surface area contributed by atoms with Gasteiger partial charge in [0.1, 0.15) is 21.4 Å². The number of carbonyl (C=O) groups is 2. The number of carboxylic acids is 2. The predicted molar refractivity (Wildman–Crippen MR) is 75.2 cm³/mol. The van der Waals surface area contributed by atoms with Crippen LogP contribution in [0, 0.1) is 0 Å². The summed E-state index contributed by atoms with van der Waals surface area (Å²) in [7, 11) is 2.42. The Balaban J connectivity index is 0.00000220. The summed E-state index contributed by atoms with van der Waals surface area (Å²) in [6, 6.07) is 9.35. The second-order valence-corrected chi connectivity index (χ2v) is 5.67. The molecule has 21 heavy (non-hydrogen) atoms. The maximum atomic E-state index is 10.8. The zero-order valence-corrected chi connectivity index (χ0v) is 14.5. The summed E-state index contributed by atoms with van der Waals surface area (Å²) in [4.78, 5) is 29.5. The van der Waals surface area contributed by atoms with Crippen LogP contribution in [0.5, 0.6) is 0 Å². The van der Waals surface area contributed by atoms with Gasteiger partial charge in [0.15, 0.2) is 0 Å². The molecule has 0 unspecified atom stereocenters. The van der Waals surface area contributed by atoms with Crippen LogP contribution in [-0.2, 0) is 0 Å². The molecule has 0 fully saturated rings. The van der Waals surface area contributed by atoms with E-state index in [1.165, 1.54) is 33.7 Å². The maximum Gasteiger partial charge on any atom is 1.00 e. The molecule has 2 aromatic heterocycles. The average Bonchev–Trinajstić information content (AvgIpc) is 2.45. The number of rotatable bonds is 5. The van der Waals surface area contributed by atoms with Crippen LogP contribution < -0.4 is 29.6 Å². The van der Waals surface area contributed by atoms with Crippen LogP contribution in [0.1, 0.15) is 22.4 Å². The van der Waals surface area contributed by atoms with E-state index in [0.717, 1.165) is 0 Å². The first kappa shape index (κ1) is 18.0. The predicted octanol–water partition coefficient (Wildman–Crippen LogP) is -0.211. The second kappa shape index (κ2) is 8.40. The molecule has 6 nitrogen and oxygen atoms in total. The van der Waals surface area contributed by atoms with E-state index in [1.54, 1.807) is 24.3 Å². The zero-order valence-electron chi connectivity index (χ0n) is 11.9. The molecular formula is C12H9N2NaO4S2. The Kier molecular flexibility index (Phi) is 7.20. The Morgan fingerprint density at radius 1 is 0.857 bits per heavy atom. The number of aromatic nitrogens is 2. The van der Waals surface area contributed by atoms with Gasteiger partial charge in [0.05, 0.1) is 0 Å². The average molecular weight is 332 g/mol. The smallest absolute Gasteiger partial charge is 1.00 e. The third-order valence-electron chi connectivity index (χ3n) is 2.10. The molecule has 0 aromatic carbocycles. The molecule has 2 aromatic rings. The molecular weight excluding hydrogens is 323 g/mol. The van der Waals surface area contributed by atoms with Crippen molar-refractivity contribution < 1.29 is 50.8 Å². The van der Waals surface area contributed by atoms with Gasteiger partial charge in [0, 0.05) is 0 Å². The van der Waals surface area contributed by atoms with Crippen molar-refractivity contribution in [2.24, 2.45) is 0 Å². The minimum Gasteiger partial charge on any atom is -1.00 e. The van der Waals surface area contributed by atoms with E-state index in [1.807, 2.05) is 0 Å². The van der Waals surface area contributed by atoms with E-state index in [2.05, 4.69) is 9.97 Å². The van der Waals surface area contributed by atoms with Gasteiger partial charge in [-0.2, -0.15) is 0 Å². The molecule has 0 amide bonds. The van der Waals surface area contributed by atoms with Crippen molar-refractivity contribution >= 4 is 33.5 Å². The van der Waals surface area contributed by atoms with Crippen molar-refractivity contribution in [3.05, 3.63) is 47.8 Å². The molecule has 0 aliphatic carbocycles. The topological polar surface area (TPSA) is 100 Å². The molecule has 0 spiro atoms. The molecule has 0 radical (unpaired) electrons. The molecule has 0 aliphatic heterocycles. The molecule has 0 aliphatic rings. The first-order chi connectivity index (χ1) is 9.56. The van der Waals surface area contributed by atoms with E-state index in [9.17, 15) is 9.59 Å². The number of hydrogen-bond acceptors (Lipinski definition) is 6. The molecule has 2 heterocycles. The van der Waals surface area contributed by atoms with Crippen molar-refractivity contribution in [3.8, 4) is 0 Å². The fourth-order valence-corrected chi connectivity index (χ4v) is 3.03. The standard InChI is InChI=1S/C12H8N2O4S2.Na.H/c15-11(16)7-3-1-5-9(13-7)19-20-10-6-2-4-8(14-10)12(17)18;;/h1-6H,(H,15,16)(H,17,18);;/q;+1;-1. The van der Waals surface area contributed by atoms with Crippen LogP contribution in [0.4, 0.5) is 0 Å². The van der Waals surface area contributed by atoms with E-state index < -0.39 is 11.9 Å². The van der Waals surface area contributed by atoms with E-state index in [0.29, 0.717) is 10.1 Å². The number of aromatic carboxylic acids is 2. The first-order valence-electron chi connectivity index (χ1n) is 5.31. The van der Waals surface area contributed by atoms with Crippen molar-refractivity contribution in [2.75, 3.05) is 0 Å². The van der Waals surface area contributed by atoms with Crippen molar-refractivity contribution in [1.29, 1.82) is 0 Å². The van der Waals surface area contributed by atoms with Gasteiger partial charge >= 0.3 is 41.5 Å². The van der Waals surface area contributed by atoms with Gasteiger partial charge in [-0.3, -0.25) is 0 Å². The Bertz CT molecular complexity index is 618. The van der Waals surface area contributed by atoms with Crippen LogP contribution in [-0.4, -0.2) is 32.1 Å². The summed E-state index contributed by atoms with van der Waals surface area (Å²) in [5.41, 5.74) is -0.0781. The summed E-state index contributed by atoms with van der Waals surface area (Å²) in [6.07, 6.45) is 0. The quantitative estimate of drug-likeness (QED) is 0.573. The normalized spacial score (nSPS) is 9.71. The number of carboxylic acid groups (broad SMARTS) is 2. The second-order valence-electron chi connectivity index (χ2n) is 3.50. The minimum absolute atomic E-state index is 0. The van der Waals surface area contributed by atoms with E-state index in [-0.39, 0.29) is 42.4 Å². The summed E-state index contributed by atoms with van der Waals surface area (Å²) in [6.45, 7) is 0. The molecule has 0 bridgehead atoms. The van der Waals surface area contributed by atoms with Crippen LogP contribution in [0.25, 0.3) is 0 Å². The molecule has 2 N–H and O–H groups in total. The SMILES string of the molecule is O=C(O)c1cccc(SSc2cccc(C(=O)O)n2)n1.[H-].[Na+]. The Morgan fingerprint density at radius 3 is 1.57 bits per heavy atom. The molecule has 104 valence electrons. The van der Waals surface area contributed by atoms with Gasteiger partial charge in [0.2, 0.25) is 0 Å². The molecule has 0 atom stereocenters.